The summed E-state index contributed by atoms with van der Waals surface area (Å²) in [6, 6.07) is 12.6. The fraction of sp³-hybridized carbons (Fsp3) is 0.348. The van der Waals surface area contributed by atoms with Gasteiger partial charge in [0.1, 0.15) is 5.82 Å². The molecule has 1 aromatic heterocycles. The van der Waals surface area contributed by atoms with Gasteiger partial charge in [-0.2, -0.15) is 5.26 Å². The van der Waals surface area contributed by atoms with Crippen molar-refractivity contribution in [1.82, 2.24) is 15.3 Å². The van der Waals surface area contributed by atoms with Crippen molar-refractivity contribution in [3.8, 4) is 6.07 Å². The molecule has 2 aliphatic rings. The summed E-state index contributed by atoms with van der Waals surface area (Å²) in [7, 11) is 1.85. The standard InChI is InChI=1S/C23H25N5O3/c1-27-14-20(18-4-2-16(12-24)3-5-18)23(30)28(27)21-7-6-19(13-26-21)22(29)25-10-8-17-9-11-31-15-17/h2-7,13,17,30H,8-11,14-15H2,1H3,(H,25,29). The maximum atomic E-state index is 12.4. The number of rotatable bonds is 6. The molecular weight excluding hydrogens is 394 g/mol. The molecule has 2 aromatic rings. The number of hydrogen-bond donors (Lipinski definition) is 2. The summed E-state index contributed by atoms with van der Waals surface area (Å²) in [6.07, 6.45) is 3.48. The molecule has 1 saturated heterocycles. The minimum Gasteiger partial charge on any atom is -0.493 e. The highest BCUT2D eigenvalue weighted by Crippen LogP contribution is 2.31. The summed E-state index contributed by atoms with van der Waals surface area (Å²) in [6.45, 7) is 2.69. The first-order chi connectivity index (χ1) is 15.1. The summed E-state index contributed by atoms with van der Waals surface area (Å²) in [5.41, 5.74) is 2.63. The van der Waals surface area contributed by atoms with Gasteiger partial charge in [-0.3, -0.25) is 4.79 Å². The summed E-state index contributed by atoms with van der Waals surface area (Å²) >= 11 is 0. The van der Waals surface area contributed by atoms with Gasteiger partial charge >= 0.3 is 0 Å². The maximum Gasteiger partial charge on any atom is 0.252 e. The van der Waals surface area contributed by atoms with Crippen LogP contribution in [0.4, 0.5) is 5.82 Å². The number of aliphatic hydroxyl groups is 1. The molecule has 1 fully saturated rings. The second-order valence-corrected chi connectivity index (χ2v) is 7.80. The molecule has 0 aliphatic carbocycles. The van der Waals surface area contributed by atoms with Gasteiger partial charge in [0.05, 0.1) is 17.2 Å². The summed E-state index contributed by atoms with van der Waals surface area (Å²) in [5, 5.41) is 26.2. The number of anilines is 1. The number of hydrogen-bond acceptors (Lipinski definition) is 7. The molecule has 0 spiro atoms. The lowest BCUT2D eigenvalue weighted by Crippen LogP contribution is -2.34. The van der Waals surface area contributed by atoms with Crippen LogP contribution in [0.3, 0.4) is 0 Å². The zero-order valence-electron chi connectivity index (χ0n) is 17.4. The molecule has 31 heavy (non-hydrogen) atoms. The molecule has 1 unspecified atom stereocenters. The van der Waals surface area contributed by atoms with Crippen molar-refractivity contribution in [3.63, 3.8) is 0 Å². The molecule has 1 atom stereocenters. The van der Waals surface area contributed by atoms with Crippen molar-refractivity contribution in [1.29, 1.82) is 5.26 Å². The van der Waals surface area contributed by atoms with Gasteiger partial charge < -0.3 is 15.2 Å². The van der Waals surface area contributed by atoms with E-state index in [1.807, 2.05) is 24.2 Å². The average Bonchev–Trinajstić information content (AvgIpc) is 3.41. The fourth-order valence-electron chi connectivity index (χ4n) is 3.86. The van der Waals surface area contributed by atoms with E-state index >= 15 is 0 Å². The number of benzene rings is 1. The number of nitriles is 1. The minimum atomic E-state index is -0.161. The van der Waals surface area contributed by atoms with E-state index in [9.17, 15) is 9.90 Å². The number of hydrazine groups is 1. The van der Waals surface area contributed by atoms with Crippen LogP contribution in [0.1, 0.15) is 34.3 Å². The SMILES string of the molecule is CN1CC(c2ccc(C#N)cc2)=C(O)N1c1ccc(C(=O)NCCC2CCOC2)cn1. The number of ether oxygens (including phenoxy) is 1. The highest BCUT2D eigenvalue weighted by molar-refractivity contribution is 5.94. The van der Waals surface area contributed by atoms with Crippen molar-refractivity contribution in [3.05, 3.63) is 65.2 Å². The number of carbonyl (C=O) groups excluding carboxylic acids is 1. The van der Waals surface area contributed by atoms with Crippen LogP contribution in [-0.4, -0.2) is 54.4 Å². The molecule has 0 bridgehead atoms. The Morgan fingerprint density at radius 3 is 2.77 bits per heavy atom. The Hall–Kier alpha value is -3.41. The van der Waals surface area contributed by atoms with Crippen molar-refractivity contribution in [2.75, 3.05) is 38.4 Å². The Bertz CT molecular complexity index is 1010. The molecule has 4 rings (SSSR count). The van der Waals surface area contributed by atoms with Gasteiger partial charge in [0.25, 0.3) is 5.91 Å². The smallest absolute Gasteiger partial charge is 0.252 e. The highest BCUT2D eigenvalue weighted by Gasteiger charge is 2.30. The van der Waals surface area contributed by atoms with Crippen LogP contribution in [0.25, 0.3) is 5.57 Å². The lowest BCUT2D eigenvalue weighted by molar-refractivity contribution is 0.0950. The second kappa shape index (κ2) is 9.16. The number of aromatic nitrogens is 1. The first-order valence-electron chi connectivity index (χ1n) is 10.3. The molecule has 1 amide bonds. The normalized spacial score (nSPS) is 19.0. The Balaban J connectivity index is 1.43. The molecule has 2 N–H and O–H groups in total. The predicted octanol–water partition coefficient (Wildman–Crippen LogP) is 2.70. The van der Waals surface area contributed by atoms with Crippen molar-refractivity contribution in [2.24, 2.45) is 5.92 Å². The highest BCUT2D eigenvalue weighted by atomic mass is 16.5. The van der Waals surface area contributed by atoms with E-state index in [0.717, 1.165) is 37.2 Å². The van der Waals surface area contributed by atoms with E-state index in [0.29, 0.717) is 36.0 Å². The Kier molecular flexibility index (Phi) is 6.16. The number of nitrogens with one attached hydrogen (secondary N) is 1. The third-order valence-corrected chi connectivity index (χ3v) is 5.65. The van der Waals surface area contributed by atoms with Crippen LogP contribution in [0, 0.1) is 17.2 Å². The van der Waals surface area contributed by atoms with Gasteiger partial charge in [0, 0.05) is 45.1 Å². The van der Waals surface area contributed by atoms with Crippen LogP contribution in [-0.2, 0) is 4.74 Å². The van der Waals surface area contributed by atoms with E-state index in [4.69, 9.17) is 10.00 Å². The van der Waals surface area contributed by atoms with Crippen molar-refractivity contribution in [2.45, 2.75) is 12.8 Å². The topological polar surface area (TPSA) is 102 Å². The lowest BCUT2D eigenvalue weighted by Gasteiger charge is -2.25. The molecule has 0 saturated carbocycles. The van der Waals surface area contributed by atoms with Crippen LogP contribution in [0.5, 0.6) is 0 Å². The Labute approximate surface area is 181 Å². The number of amides is 1. The zero-order chi connectivity index (χ0) is 21.8. The van der Waals surface area contributed by atoms with E-state index in [2.05, 4.69) is 16.4 Å². The van der Waals surface area contributed by atoms with Crippen LogP contribution >= 0.6 is 0 Å². The maximum absolute atomic E-state index is 12.4. The number of carbonyl (C=O) groups is 1. The van der Waals surface area contributed by atoms with Gasteiger partial charge in [0.15, 0.2) is 0 Å². The molecule has 8 nitrogen and oxygen atoms in total. The van der Waals surface area contributed by atoms with Gasteiger partial charge in [-0.15, -0.1) is 0 Å². The molecular formula is C23H25N5O3. The third kappa shape index (κ3) is 4.53. The number of nitrogens with zero attached hydrogens (tertiary/aromatic N) is 4. The molecule has 1 aromatic carbocycles. The van der Waals surface area contributed by atoms with Gasteiger partial charge in [-0.25, -0.2) is 15.0 Å². The van der Waals surface area contributed by atoms with Crippen LogP contribution in [0.15, 0.2) is 48.5 Å². The van der Waals surface area contributed by atoms with Crippen molar-refractivity contribution < 1.29 is 14.6 Å². The predicted molar refractivity (Wildman–Crippen MR) is 116 cm³/mol. The number of aliphatic hydroxyl groups excluding tert-OH is 1. The summed E-state index contributed by atoms with van der Waals surface area (Å²) in [4.78, 5) is 16.8. The molecule has 2 aliphatic heterocycles. The second-order valence-electron chi connectivity index (χ2n) is 7.80. The molecule has 8 heteroatoms. The first kappa shape index (κ1) is 20.8. The molecule has 0 radical (unpaired) electrons. The van der Waals surface area contributed by atoms with E-state index in [1.54, 1.807) is 29.3 Å². The summed E-state index contributed by atoms with van der Waals surface area (Å²) in [5.74, 6) is 0.955. The largest absolute Gasteiger partial charge is 0.493 e. The Morgan fingerprint density at radius 2 is 2.13 bits per heavy atom. The van der Waals surface area contributed by atoms with E-state index in [1.165, 1.54) is 6.20 Å². The molecule has 160 valence electrons. The summed E-state index contributed by atoms with van der Waals surface area (Å²) < 4.78 is 5.36. The van der Waals surface area contributed by atoms with Gasteiger partial charge in [-0.1, -0.05) is 12.1 Å². The quantitative estimate of drug-likeness (QED) is 0.742. The fourth-order valence-corrected chi connectivity index (χ4v) is 3.86. The minimum absolute atomic E-state index is 0.0793. The lowest BCUT2D eigenvalue weighted by atomic mass is 10.1. The zero-order valence-corrected chi connectivity index (χ0v) is 17.4. The average molecular weight is 419 g/mol. The number of likely N-dealkylation sites (N-methyl/N-ethyl adjacent to an activating group) is 1. The first-order valence-corrected chi connectivity index (χ1v) is 10.3. The van der Waals surface area contributed by atoms with Crippen LogP contribution < -0.4 is 10.3 Å². The van der Waals surface area contributed by atoms with Gasteiger partial charge in [-0.05, 0) is 48.6 Å². The molecule has 3 heterocycles. The third-order valence-electron chi connectivity index (χ3n) is 5.65. The van der Waals surface area contributed by atoms with Crippen LogP contribution in [0.2, 0.25) is 0 Å². The Morgan fingerprint density at radius 1 is 1.32 bits per heavy atom. The van der Waals surface area contributed by atoms with Gasteiger partial charge in [0.2, 0.25) is 5.88 Å². The monoisotopic (exact) mass is 419 g/mol. The van der Waals surface area contributed by atoms with E-state index < -0.39 is 0 Å². The number of pyridine rings is 1. The van der Waals surface area contributed by atoms with Crippen molar-refractivity contribution >= 4 is 17.3 Å². The van der Waals surface area contributed by atoms with E-state index in [-0.39, 0.29) is 11.8 Å².